The summed E-state index contributed by atoms with van der Waals surface area (Å²) in [7, 11) is 1.57. The van der Waals surface area contributed by atoms with Crippen LogP contribution in [0, 0.1) is 5.82 Å². The number of hydrogen-bond acceptors (Lipinski definition) is 7. The molecule has 2 fully saturated rings. The van der Waals surface area contributed by atoms with E-state index >= 15 is 0 Å². The number of aromatic nitrogens is 2. The number of benzene rings is 1. The Balaban J connectivity index is 1.33. The third-order valence-corrected chi connectivity index (χ3v) is 7.85. The molecule has 1 atom stereocenters. The first kappa shape index (κ1) is 26.1. The van der Waals surface area contributed by atoms with Gasteiger partial charge in [-0.15, -0.1) is 0 Å². The van der Waals surface area contributed by atoms with Crippen molar-refractivity contribution in [3.63, 3.8) is 0 Å². The summed E-state index contributed by atoms with van der Waals surface area (Å²) in [6.45, 7) is 5.04. The molecule has 5 rings (SSSR count). The van der Waals surface area contributed by atoms with Crippen molar-refractivity contribution >= 4 is 23.3 Å². The minimum Gasteiger partial charge on any atom is -0.378 e. The van der Waals surface area contributed by atoms with Crippen LogP contribution in [0.5, 0.6) is 0 Å². The van der Waals surface area contributed by atoms with Crippen LogP contribution >= 0.6 is 11.6 Å². The molecule has 2 aromatic rings. The number of carbonyl (C=O) groups is 1. The van der Waals surface area contributed by atoms with Crippen molar-refractivity contribution in [2.24, 2.45) is 0 Å². The third kappa shape index (κ3) is 4.89. The number of nitrogens with one attached hydrogen (secondary N) is 1. The number of fused-ring (bicyclic) bond motifs is 1. The van der Waals surface area contributed by atoms with Gasteiger partial charge in [0.1, 0.15) is 17.2 Å². The first-order valence-corrected chi connectivity index (χ1v) is 12.6. The number of anilines is 1. The van der Waals surface area contributed by atoms with E-state index in [0.717, 1.165) is 32.4 Å². The lowest BCUT2D eigenvalue weighted by atomic mass is 9.88. The summed E-state index contributed by atoms with van der Waals surface area (Å²) in [6, 6.07) is 3.62. The van der Waals surface area contributed by atoms with Gasteiger partial charge < -0.3 is 19.7 Å². The molecule has 1 aromatic carbocycles. The van der Waals surface area contributed by atoms with Crippen molar-refractivity contribution in [1.82, 2.24) is 19.8 Å². The molecule has 3 aliphatic rings. The molecule has 0 spiro atoms. The number of amides is 1. The van der Waals surface area contributed by atoms with Crippen molar-refractivity contribution in [3.8, 4) is 0 Å². The van der Waals surface area contributed by atoms with Crippen LogP contribution in [0.4, 0.5) is 19.0 Å². The predicted molar refractivity (Wildman–Crippen MR) is 130 cm³/mol. The Morgan fingerprint density at radius 2 is 1.92 bits per heavy atom. The van der Waals surface area contributed by atoms with Crippen molar-refractivity contribution in [3.05, 3.63) is 51.7 Å². The second kappa shape index (κ2) is 10.4. The van der Waals surface area contributed by atoms with Gasteiger partial charge in [0, 0.05) is 31.3 Å². The standard InChI is InChI=1S/C25H29ClF3N5O3/c1-14(16-4-3-5-17(20(16)27)21(28)29)30-22-18-10-34(11-19(18)31-24(26)32-22)23(35)25(36-2)6-8-33(9-7-25)15-12-37-13-15/h3-5,14-15,21H,6-13H2,1-2H3,(H,30,31,32)/t14-/m1/s1. The Kier molecular flexibility index (Phi) is 7.32. The van der Waals surface area contributed by atoms with Crippen LogP contribution in [-0.2, 0) is 27.4 Å². The lowest BCUT2D eigenvalue weighted by molar-refractivity contribution is -0.166. The highest BCUT2D eigenvalue weighted by Gasteiger charge is 2.47. The fourth-order valence-corrected chi connectivity index (χ4v) is 5.51. The van der Waals surface area contributed by atoms with E-state index in [-0.39, 0.29) is 29.8 Å². The molecular weight excluding hydrogens is 511 g/mol. The van der Waals surface area contributed by atoms with E-state index in [0.29, 0.717) is 36.0 Å². The molecular formula is C25H29ClF3N5O3. The third-order valence-electron chi connectivity index (χ3n) is 7.68. The van der Waals surface area contributed by atoms with E-state index in [1.54, 1.807) is 18.9 Å². The van der Waals surface area contributed by atoms with Crippen LogP contribution in [0.25, 0.3) is 0 Å². The summed E-state index contributed by atoms with van der Waals surface area (Å²) in [6.07, 6.45) is -1.79. The van der Waals surface area contributed by atoms with Crippen molar-refractivity contribution in [2.45, 2.75) is 57.0 Å². The summed E-state index contributed by atoms with van der Waals surface area (Å²) in [4.78, 5) is 26.3. The Hall–Kier alpha value is -2.47. The van der Waals surface area contributed by atoms with Crippen LogP contribution in [0.15, 0.2) is 18.2 Å². The summed E-state index contributed by atoms with van der Waals surface area (Å²) >= 11 is 6.17. The number of ether oxygens (including phenoxy) is 2. The van der Waals surface area contributed by atoms with Crippen molar-refractivity contribution in [1.29, 1.82) is 0 Å². The zero-order valence-corrected chi connectivity index (χ0v) is 21.4. The van der Waals surface area contributed by atoms with Crippen LogP contribution in [0.2, 0.25) is 5.28 Å². The SMILES string of the molecule is COC1(C(=O)N2Cc3nc(Cl)nc(N[C@H](C)c4cccc(C(F)F)c4F)c3C2)CCN(C2COC2)CC1. The molecule has 1 amide bonds. The molecule has 0 unspecified atom stereocenters. The fraction of sp³-hybridized carbons (Fsp3) is 0.560. The van der Waals surface area contributed by atoms with E-state index in [2.05, 4.69) is 20.2 Å². The van der Waals surface area contributed by atoms with Crippen LogP contribution in [0.3, 0.4) is 0 Å². The summed E-state index contributed by atoms with van der Waals surface area (Å²) in [5.41, 5.74) is -0.269. The fourth-order valence-electron chi connectivity index (χ4n) is 5.32. The monoisotopic (exact) mass is 539 g/mol. The second-order valence-corrected chi connectivity index (χ2v) is 10.1. The largest absolute Gasteiger partial charge is 0.378 e. The van der Waals surface area contributed by atoms with Gasteiger partial charge in [-0.25, -0.2) is 23.1 Å². The molecule has 0 aliphatic carbocycles. The Bertz CT molecular complexity index is 1170. The highest BCUT2D eigenvalue weighted by Crippen LogP contribution is 2.36. The number of likely N-dealkylation sites (tertiary alicyclic amines) is 1. The van der Waals surface area contributed by atoms with E-state index in [1.165, 1.54) is 12.1 Å². The number of hydrogen-bond donors (Lipinski definition) is 1. The molecule has 37 heavy (non-hydrogen) atoms. The lowest BCUT2D eigenvalue weighted by Crippen LogP contribution is -2.59. The molecule has 1 aromatic heterocycles. The van der Waals surface area contributed by atoms with Gasteiger partial charge in [-0.1, -0.05) is 18.2 Å². The zero-order chi connectivity index (χ0) is 26.3. The molecule has 12 heteroatoms. The Labute approximate surface area is 218 Å². The van der Waals surface area contributed by atoms with Gasteiger partial charge in [0.05, 0.1) is 49.6 Å². The molecule has 0 bridgehead atoms. The van der Waals surface area contributed by atoms with Crippen molar-refractivity contribution in [2.75, 3.05) is 38.7 Å². The van der Waals surface area contributed by atoms with Gasteiger partial charge in [0.15, 0.2) is 0 Å². The maximum atomic E-state index is 14.7. The lowest BCUT2D eigenvalue weighted by Gasteiger charge is -2.45. The van der Waals surface area contributed by atoms with E-state index in [4.69, 9.17) is 21.1 Å². The van der Waals surface area contributed by atoms with E-state index in [9.17, 15) is 18.0 Å². The van der Waals surface area contributed by atoms with Gasteiger partial charge in [-0.05, 0) is 31.4 Å². The number of rotatable bonds is 7. The highest BCUT2D eigenvalue weighted by molar-refractivity contribution is 6.28. The molecule has 4 heterocycles. The highest BCUT2D eigenvalue weighted by atomic mass is 35.5. The molecule has 200 valence electrons. The number of carbonyl (C=O) groups excluding carboxylic acids is 1. The average molecular weight is 540 g/mol. The number of halogens is 4. The van der Waals surface area contributed by atoms with E-state index in [1.807, 2.05) is 0 Å². The van der Waals surface area contributed by atoms with E-state index < -0.39 is 29.4 Å². The van der Waals surface area contributed by atoms with Crippen LogP contribution in [0.1, 0.15) is 54.6 Å². The van der Waals surface area contributed by atoms with Crippen LogP contribution < -0.4 is 5.32 Å². The number of alkyl halides is 2. The Morgan fingerprint density at radius 3 is 2.54 bits per heavy atom. The van der Waals surface area contributed by atoms with Gasteiger partial charge in [0.25, 0.3) is 12.3 Å². The summed E-state index contributed by atoms with van der Waals surface area (Å²) in [5, 5.41) is 3.07. The maximum Gasteiger partial charge on any atom is 0.266 e. The minimum absolute atomic E-state index is 0.0259. The second-order valence-electron chi connectivity index (χ2n) is 9.77. The molecule has 0 saturated carbocycles. The normalized spacial score (nSPS) is 20.6. The first-order chi connectivity index (χ1) is 17.7. The predicted octanol–water partition coefficient (Wildman–Crippen LogP) is 4.10. The molecule has 2 saturated heterocycles. The molecule has 3 aliphatic heterocycles. The summed E-state index contributed by atoms with van der Waals surface area (Å²) in [5.74, 6) is -0.748. The number of nitrogens with zero attached hydrogens (tertiary/aromatic N) is 4. The van der Waals surface area contributed by atoms with Crippen LogP contribution in [-0.4, -0.2) is 70.7 Å². The molecule has 8 nitrogen and oxygen atoms in total. The minimum atomic E-state index is -2.92. The topological polar surface area (TPSA) is 79.8 Å². The molecule has 0 radical (unpaired) electrons. The van der Waals surface area contributed by atoms with Gasteiger partial charge in [0.2, 0.25) is 5.28 Å². The van der Waals surface area contributed by atoms with Gasteiger partial charge in [-0.3, -0.25) is 9.69 Å². The number of methoxy groups -OCH3 is 1. The van der Waals surface area contributed by atoms with Gasteiger partial charge >= 0.3 is 0 Å². The average Bonchev–Trinajstić information content (AvgIpc) is 3.27. The first-order valence-electron chi connectivity index (χ1n) is 12.3. The summed E-state index contributed by atoms with van der Waals surface area (Å²) < 4.78 is 52.2. The molecule has 1 N–H and O–H groups in total. The van der Waals surface area contributed by atoms with Gasteiger partial charge in [-0.2, -0.15) is 0 Å². The quantitative estimate of drug-likeness (QED) is 0.531. The number of piperidine rings is 1. The maximum absolute atomic E-state index is 14.7. The zero-order valence-electron chi connectivity index (χ0n) is 20.6. The van der Waals surface area contributed by atoms with Crippen molar-refractivity contribution < 1.29 is 27.4 Å². The smallest absolute Gasteiger partial charge is 0.266 e. The Morgan fingerprint density at radius 1 is 1.22 bits per heavy atom.